The molecule has 4 rings (SSSR count). The minimum absolute atomic E-state index is 0.0719. The molecule has 0 unspecified atom stereocenters. The smallest absolute Gasteiger partial charge is 0.342 e. The summed E-state index contributed by atoms with van der Waals surface area (Å²) in [6, 6.07) is 10.6. The Morgan fingerprint density at radius 2 is 2.00 bits per heavy atom. The number of carbonyl (C=O) groups excluding carboxylic acids is 2. The Morgan fingerprint density at radius 1 is 1.19 bits per heavy atom. The lowest BCUT2D eigenvalue weighted by atomic mass is 9.84. The van der Waals surface area contributed by atoms with Crippen molar-refractivity contribution in [3.05, 3.63) is 42.0 Å². The number of hydrogen-bond acceptors (Lipinski definition) is 4. The molecule has 0 heterocycles. The summed E-state index contributed by atoms with van der Waals surface area (Å²) < 4.78 is 5.13. The van der Waals surface area contributed by atoms with Crippen LogP contribution in [0.3, 0.4) is 0 Å². The minimum Gasteiger partial charge on any atom is -0.506 e. The van der Waals surface area contributed by atoms with E-state index in [4.69, 9.17) is 4.74 Å². The molecule has 0 spiro atoms. The molecule has 2 fully saturated rings. The molecular formula is C22H25NO4. The number of aromatic hydroxyl groups is 1. The molecule has 1 amide bonds. The highest BCUT2D eigenvalue weighted by atomic mass is 16.5. The molecule has 0 saturated heterocycles. The van der Waals surface area contributed by atoms with E-state index < -0.39 is 5.97 Å². The molecule has 4 atom stereocenters. The van der Waals surface area contributed by atoms with Crippen molar-refractivity contribution in [1.82, 2.24) is 5.32 Å². The van der Waals surface area contributed by atoms with Gasteiger partial charge in [0.1, 0.15) is 11.3 Å². The summed E-state index contributed by atoms with van der Waals surface area (Å²) in [5.41, 5.74) is 0.0719. The monoisotopic (exact) mass is 367 g/mol. The molecule has 2 aliphatic rings. The maximum atomic E-state index is 12.3. The second kappa shape index (κ2) is 7.22. The predicted molar refractivity (Wildman–Crippen MR) is 102 cm³/mol. The van der Waals surface area contributed by atoms with Crippen molar-refractivity contribution >= 4 is 22.6 Å². The first kappa shape index (κ1) is 17.8. The van der Waals surface area contributed by atoms with Crippen molar-refractivity contribution in [2.45, 2.75) is 38.6 Å². The molecule has 0 radical (unpaired) electrons. The summed E-state index contributed by atoms with van der Waals surface area (Å²) in [5, 5.41) is 14.7. The van der Waals surface area contributed by atoms with E-state index in [1.165, 1.54) is 31.7 Å². The third-order valence-corrected chi connectivity index (χ3v) is 6.28. The maximum absolute atomic E-state index is 12.3. The van der Waals surface area contributed by atoms with Gasteiger partial charge >= 0.3 is 5.97 Å². The van der Waals surface area contributed by atoms with Crippen molar-refractivity contribution < 1.29 is 19.4 Å². The van der Waals surface area contributed by atoms with E-state index in [1.54, 1.807) is 18.2 Å². The lowest BCUT2D eigenvalue weighted by Gasteiger charge is -2.28. The minimum atomic E-state index is -0.694. The summed E-state index contributed by atoms with van der Waals surface area (Å²) in [7, 11) is 0. The van der Waals surface area contributed by atoms with E-state index in [0.29, 0.717) is 11.3 Å². The van der Waals surface area contributed by atoms with Gasteiger partial charge in [0, 0.05) is 11.4 Å². The van der Waals surface area contributed by atoms with Crippen molar-refractivity contribution in [2.75, 3.05) is 6.61 Å². The van der Waals surface area contributed by atoms with Gasteiger partial charge in [0.2, 0.25) is 0 Å². The zero-order valence-corrected chi connectivity index (χ0v) is 15.5. The number of amides is 1. The highest BCUT2D eigenvalue weighted by Crippen LogP contribution is 2.49. The maximum Gasteiger partial charge on any atom is 0.342 e. The van der Waals surface area contributed by atoms with E-state index >= 15 is 0 Å². The molecule has 0 aliphatic heterocycles. The Hall–Kier alpha value is -2.56. The number of hydrogen-bond donors (Lipinski definition) is 2. The first-order chi connectivity index (χ1) is 13.0. The van der Waals surface area contributed by atoms with Crippen molar-refractivity contribution in [2.24, 2.45) is 17.8 Å². The van der Waals surface area contributed by atoms with Crippen LogP contribution in [-0.4, -0.2) is 29.6 Å². The van der Waals surface area contributed by atoms with Gasteiger partial charge in [-0.1, -0.05) is 36.8 Å². The van der Waals surface area contributed by atoms with Gasteiger partial charge in [0.15, 0.2) is 6.61 Å². The van der Waals surface area contributed by atoms with Crippen LogP contribution in [0.15, 0.2) is 36.4 Å². The number of rotatable bonds is 5. The molecular weight excluding hydrogens is 342 g/mol. The van der Waals surface area contributed by atoms with Crippen LogP contribution in [0.25, 0.3) is 10.8 Å². The lowest BCUT2D eigenvalue weighted by molar-refractivity contribution is -0.125. The normalized spacial score (nSPS) is 24.7. The Morgan fingerprint density at radius 3 is 2.74 bits per heavy atom. The molecule has 5 heteroatoms. The number of esters is 1. The number of phenols is 1. The summed E-state index contributed by atoms with van der Waals surface area (Å²) in [6.45, 7) is 1.70. The Kier molecular flexibility index (Phi) is 4.77. The quantitative estimate of drug-likeness (QED) is 0.791. The topological polar surface area (TPSA) is 75.6 Å². The average molecular weight is 367 g/mol. The van der Waals surface area contributed by atoms with Gasteiger partial charge in [-0.15, -0.1) is 0 Å². The molecule has 2 N–H and O–H groups in total. The highest BCUT2D eigenvalue weighted by molar-refractivity contribution is 6.01. The van der Waals surface area contributed by atoms with Crippen molar-refractivity contribution in [3.63, 3.8) is 0 Å². The van der Waals surface area contributed by atoms with E-state index in [2.05, 4.69) is 5.32 Å². The molecule has 2 bridgehead atoms. The zero-order valence-electron chi connectivity index (χ0n) is 15.5. The average Bonchev–Trinajstić information content (AvgIpc) is 3.30. The summed E-state index contributed by atoms with van der Waals surface area (Å²) in [5.74, 6) is 0.983. The van der Waals surface area contributed by atoms with Crippen LogP contribution in [-0.2, 0) is 9.53 Å². The zero-order chi connectivity index (χ0) is 19.0. The number of fused-ring (bicyclic) bond motifs is 3. The third kappa shape index (κ3) is 3.51. The first-order valence-corrected chi connectivity index (χ1v) is 9.70. The standard InChI is InChI=1S/C22H25NO4/c1-13(19-11-14-6-7-16(19)10-14)23-20(24)12-27-22(26)18-9-8-15-4-2-3-5-17(15)21(18)25/h2-5,8-9,13-14,16,19,25H,6-7,10-12H2,1H3,(H,23,24)/t13-,14-,16-,19+/m0/s1. The summed E-state index contributed by atoms with van der Waals surface area (Å²) in [4.78, 5) is 24.5. The van der Waals surface area contributed by atoms with Gasteiger partial charge < -0.3 is 15.2 Å². The third-order valence-electron chi connectivity index (χ3n) is 6.28. The highest BCUT2D eigenvalue weighted by Gasteiger charge is 2.42. The fourth-order valence-corrected chi connectivity index (χ4v) is 4.94. The van der Waals surface area contributed by atoms with Crippen LogP contribution in [0.5, 0.6) is 5.75 Å². The fraction of sp³-hybridized carbons (Fsp3) is 0.455. The molecule has 0 aromatic heterocycles. The van der Waals surface area contributed by atoms with E-state index in [-0.39, 0.29) is 29.9 Å². The molecule has 2 saturated carbocycles. The van der Waals surface area contributed by atoms with Gasteiger partial charge in [0.25, 0.3) is 5.91 Å². The van der Waals surface area contributed by atoms with Crippen LogP contribution in [0.2, 0.25) is 0 Å². The molecule has 27 heavy (non-hydrogen) atoms. The Labute approximate surface area is 158 Å². The van der Waals surface area contributed by atoms with Gasteiger partial charge in [-0.05, 0) is 55.4 Å². The van der Waals surface area contributed by atoms with E-state index in [9.17, 15) is 14.7 Å². The lowest BCUT2D eigenvalue weighted by Crippen LogP contribution is -2.42. The second-order valence-electron chi connectivity index (χ2n) is 7.95. The van der Waals surface area contributed by atoms with Crippen LogP contribution < -0.4 is 5.32 Å². The van der Waals surface area contributed by atoms with Crippen molar-refractivity contribution in [1.29, 1.82) is 0 Å². The SMILES string of the molecule is C[C@H](NC(=O)COC(=O)c1ccc2ccccc2c1O)[C@H]1C[C@H]2CC[C@H]1C2. The molecule has 2 aromatic carbocycles. The van der Waals surface area contributed by atoms with Gasteiger partial charge in [-0.2, -0.15) is 0 Å². The second-order valence-corrected chi connectivity index (χ2v) is 7.95. The van der Waals surface area contributed by atoms with Crippen LogP contribution in [0.1, 0.15) is 43.0 Å². The summed E-state index contributed by atoms with van der Waals surface area (Å²) >= 11 is 0. The van der Waals surface area contributed by atoms with E-state index in [0.717, 1.165) is 17.2 Å². The van der Waals surface area contributed by atoms with Gasteiger partial charge in [0.05, 0.1) is 0 Å². The van der Waals surface area contributed by atoms with Gasteiger partial charge in [-0.25, -0.2) is 4.79 Å². The Bertz CT molecular complexity index is 878. The molecule has 142 valence electrons. The number of carbonyl (C=O) groups is 2. The number of ether oxygens (including phenoxy) is 1. The molecule has 5 nitrogen and oxygen atoms in total. The van der Waals surface area contributed by atoms with E-state index in [1.807, 2.05) is 19.1 Å². The van der Waals surface area contributed by atoms with Crippen molar-refractivity contribution in [3.8, 4) is 5.75 Å². The van der Waals surface area contributed by atoms with Crippen LogP contribution in [0.4, 0.5) is 0 Å². The van der Waals surface area contributed by atoms with Gasteiger partial charge in [-0.3, -0.25) is 4.79 Å². The van der Waals surface area contributed by atoms with Crippen LogP contribution >= 0.6 is 0 Å². The summed E-state index contributed by atoms with van der Waals surface area (Å²) in [6.07, 6.45) is 5.08. The Balaban J connectivity index is 1.34. The number of phenolic OH excluding ortho intramolecular Hbond substituents is 1. The predicted octanol–water partition coefficient (Wildman–Crippen LogP) is 3.64. The first-order valence-electron chi connectivity index (χ1n) is 9.70. The van der Waals surface area contributed by atoms with Crippen LogP contribution in [0, 0.1) is 17.8 Å². The largest absolute Gasteiger partial charge is 0.506 e. The fourth-order valence-electron chi connectivity index (χ4n) is 4.94. The number of nitrogens with one attached hydrogen (secondary N) is 1. The molecule has 2 aliphatic carbocycles. The number of benzene rings is 2. The molecule has 2 aromatic rings.